The van der Waals surface area contributed by atoms with Gasteiger partial charge >= 0.3 is 0 Å². The van der Waals surface area contributed by atoms with Crippen LogP contribution in [0.5, 0.6) is 0 Å². The molecule has 0 aliphatic rings. The van der Waals surface area contributed by atoms with Gasteiger partial charge in [0.1, 0.15) is 5.82 Å². The topological polar surface area (TPSA) is 28.7 Å². The molecule has 17 heavy (non-hydrogen) atoms. The standard InChI is InChI=1S/C14H12N2.CH4/c1-10-6-5-9-12-13(10)16-14(15-12)11-7-3-2-4-8-11;/h2-9H,1H3,(H,15,16);1H4/i;1D. The molecule has 0 radical (unpaired) electrons. The molecule has 0 spiro atoms. The van der Waals surface area contributed by atoms with Gasteiger partial charge in [-0.15, -0.1) is 0 Å². The van der Waals surface area contributed by atoms with Crippen molar-refractivity contribution in [3.63, 3.8) is 0 Å². The third kappa shape index (κ3) is 1.94. The number of hydrogen-bond donors (Lipinski definition) is 1. The molecule has 2 aromatic carbocycles. The van der Waals surface area contributed by atoms with Crippen LogP contribution in [0, 0.1) is 6.92 Å². The van der Waals surface area contributed by atoms with E-state index in [1.165, 1.54) is 13.0 Å². The molecule has 0 atom stereocenters. The lowest BCUT2D eigenvalue weighted by Gasteiger charge is -1.93. The minimum atomic E-state index is 0.935. The van der Waals surface area contributed by atoms with Gasteiger partial charge in [-0.2, -0.15) is 0 Å². The van der Waals surface area contributed by atoms with E-state index in [-0.39, 0.29) is 0 Å². The summed E-state index contributed by atoms with van der Waals surface area (Å²) >= 11 is 0. The van der Waals surface area contributed by atoms with Gasteiger partial charge in [0, 0.05) is 6.93 Å². The lowest BCUT2D eigenvalue weighted by Crippen LogP contribution is -1.78. The number of aromatic nitrogens is 2. The van der Waals surface area contributed by atoms with E-state index in [1.54, 1.807) is 0 Å². The number of aryl methyl sites for hydroxylation is 1. The number of nitrogens with one attached hydrogen (secondary N) is 1. The molecule has 0 amide bonds. The summed E-state index contributed by atoms with van der Waals surface area (Å²) in [6, 6.07) is 16.4. The summed E-state index contributed by atoms with van der Waals surface area (Å²) < 4.78 is 5.75. The fraction of sp³-hybridized carbons (Fsp3) is 0.133. The summed E-state index contributed by atoms with van der Waals surface area (Å²) in [6.07, 6.45) is 0. The Morgan fingerprint density at radius 2 is 1.82 bits per heavy atom. The minimum absolute atomic E-state index is 0.935. The predicted molar refractivity (Wildman–Crippen MR) is 73.0 cm³/mol. The fourth-order valence-electron chi connectivity index (χ4n) is 1.91. The quantitative estimate of drug-likeness (QED) is 0.661. The first-order valence-electron chi connectivity index (χ1n) is 6.35. The monoisotopic (exact) mass is 225 g/mol. The highest BCUT2D eigenvalue weighted by molar-refractivity contribution is 5.82. The lowest BCUT2D eigenvalue weighted by atomic mass is 10.2. The van der Waals surface area contributed by atoms with Crippen LogP contribution in [0.15, 0.2) is 48.5 Å². The number of hydrogen-bond acceptors (Lipinski definition) is 1. The van der Waals surface area contributed by atoms with Crippen LogP contribution in [-0.2, 0) is 0 Å². The molecule has 3 aromatic rings. The van der Waals surface area contributed by atoms with E-state index in [4.69, 9.17) is 1.37 Å². The molecule has 1 aromatic heterocycles. The van der Waals surface area contributed by atoms with Crippen LogP contribution in [-0.4, -0.2) is 9.97 Å². The highest BCUT2D eigenvalue weighted by Gasteiger charge is 2.05. The van der Waals surface area contributed by atoms with Gasteiger partial charge in [0.05, 0.1) is 11.0 Å². The molecule has 3 rings (SSSR count). The number of nitrogens with zero attached hydrogens (tertiary/aromatic N) is 1. The van der Waals surface area contributed by atoms with Crippen LogP contribution in [0.25, 0.3) is 22.4 Å². The van der Waals surface area contributed by atoms with Gasteiger partial charge < -0.3 is 4.98 Å². The van der Waals surface area contributed by atoms with Crippen molar-refractivity contribution < 1.29 is 1.37 Å². The van der Waals surface area contributed by atoms with Crippen molar-refractivity contribution in [3.8, 4) is 11.4 Å². The molecule has 86 valence electrons. The van der Waals surface area contributed by atoms with E-state index in [2.05, 4.69) is 41.2 Å². The first-order valence-corrected chi connectivity index (χ1v) is 5.35. The third-order valence-corrected chi connectivity index (χ3v) is 2.76. The summed E-state index contributed by atoms with van der Waals surface area (Å²) in [7, 11) is 1.25. The number of H-pyrrole nitrogens is 1. The zero-order valence-electron chi connectivity index (χ0n) is 11.1. The molecular formula is C15H16N2. The Bertz CT molecular complexity index is 629. The van der Waals surface area contributed by atoms with E-state index in [9.17, 15) is 0 Å². The number of rotatable bonds is 1. The van der Waals surface area contributed by atoms with Crippen LogP contribution in [0.2, 0.25) is 0 Å². The first kappa shape index (κ1) is 10.1. The normalized spacial score (nSPS) is 10.6. The van der Waals surface area contributed by atoms with E-state index in [0.717, 1.165) is 22.4 Å². The average Bonchev–Trinajstić information content (AvgIpc) is 2.88. The molecule has 0 saturated carbocycles. The van der Waals surface area contributed by atoms with E-state index in [1.807, 2.05) is 24.3 Å². The van der Waals surface area contributed by atoms with Gasteiger partial charge in [-0.25, -0.2) is 4.98 Å². The highest BCUT2D eigenvalue weighted by atomic mass is 14.9. The molecule has 0 aliphatic heterocycles. The maximum atomic E-state index is 5.75. The molecule has 0 aliphatic carbocycles. The summed E-state index contributed by atoms with van der Waals surface area (Å²) in [5, 5.41) is 0. The zero-order valence-corrected chi connectivity index (χ0v) is 10.1. The van der Waals surface area contributed by atoms with E-state index < -0.39 is 0 Å². The third-order valence-electron chi connectivity index (χ3n) is 2.76. The maximum Gasteiger partial charge on any atom is 0.138 e. The second-order valence-corrected chi connectivity index (χ2v) is 3.92. The number of aromatic amines is 1. The summed E-state index contributed by atoms with van der Waals surface area (Å²) in [5.74, 6) is 0.935. The Kier molecular flexibility index (Phi) is 2.62. The Morgan fingerprint density at radius 3 is 2.53 bits per heavy atom. The van der Waals surface area contributed by atoms with Gasteiger partial charge in [-0.05, 0) is 18.6 Å². The van der Waals surface area contributed by atoms with Crippen LogP contribution < -0.4 is 0 Å². The lowest BCUT2D eigenvalue weighted by molar-refractivity contribution is 1.33. The van der Waals surface area contributed by atoms with Crippen LogP contribution in [0.3, 0.4) is 0 Å². The number of fused-ring (bicyclic) bond motifs is 1. The van der Waals surface area contributed by atoms with Crippen LogP contribution >= 0.6 is 0 Å². The van der Waals surface area contributed by atoms with Crippen LogP contribution in [0.1, 0.15) is 14.3 Å². The number of benzene rings is 2. The second-order valence-electron chi connectivity index (χ2n) is 3.92. The van der Waals surface area contributed by atoms with Crippen LogP contribution in [0.4, 0.5) is 0 Å². The van der Waals surface area contributed by atoms with E-state index >= 15 is 0 Å². The van der Waals surface area contributed by atoms with Crippen molar-refractivity contribution in [2.24, 2.45) is 0 Å². The first-order chi connectivity index (χ1) is 8.84. The summed E-state index contributed by atoms with van der Waals surface area (Å²) in [6.45, 7) is 2.08. The molecule has 2 heteroatoms. The Balaban J connectivity index is 0.000000574. The SMILES string of the molecule is Cc1cccc2[nH]c(-c3ccccc3)nc12.[2H]C. The molecule has 0 saturated heterocycles. The number of imidazole rings is 1. The summed E-state index contributed by atoms with van der Waals surface area (Å²) in [5.41, 5.74) is 4.48. The van der Waals surface area contributed by atoms with Crippen molar-refractivity contribution in [2.75, 3.05) is 0 Å². The zero-order chi connectivity index (χ0) is 13.0. The molecule has 1 heterocycles. The summed E-state index contributed by atoms with van der Waals surface area (Å²) in [4.78, 5) is 7.97. The molecule has 0 bridgehead atoms. The second kappa shape index (κ2) is 4.42. The van der Waals surface area contributed by atoms with Gasteiger partial charge in [-0.1, -0.05) is 49.9 Å². The average molecular weight is 225 g/mol. The van der Waals surface area contributed by atoms with Gasteiger partial charge in [-0.3, -0.25) is 0 Å². The van der Waals surface area contributed by atoms with Gasteiger partial charge in [0.15, 0.2) is 0 Å². The Morgan fingerprint density at radius 1 is 1.06 bits per heavy atom. The number of para-hydroxylation sites is 1. The van der Waals surface area contributed by atoms with Gasteiger partial charge in [0.25, 0.3) is 0 Å². The maximum absolute atomic E-state index is 5.75. The van der Waals surface area contributed by atoms with Crippen molar-refractivity contribution in [3.05, 3.63) is 54.1 Å². The fourth-order valence-corrected chi connectivity index (χ4v) is 1.91. The minimum Gasteiger partial charge on any atom is -0.338 e. The van der Waals surface area contributed by atoms with Crippen molar-refractivity contribution in [2.45, 2.75) is 14.3 Å². The van der Waals surface area contributed by atoms with Crippen molar-refractivity contribution >= 4 is 11.0 Å². The highest BCUT2D eigenvalue weighted by Crippen LogP contribution is 2.21. The molecule has 0 unspecified atom stereocenters. The smallest absolute Gasteiger partial charge is 0.138 e. The predicted octanol–water partition coefficient (Wildman–Crippen LogP) is 4.17. The van der Waals surface area contributed by atoms with Gasteiger partial charge in [0.2, 0.25) is 0 Å². The molecule has 1 N–H and O–H groups in total. The Hall–Kier alpha value is -2.09. The van der Waals surface area contributed by atoms with Crippen molar-refractivity contribution in [1.82, 2.24) is 9.97 Å². The molecule has 2 nitrogen and oxygen atoms in total. The van der Waals surface area contributed by atoms with Crippen molar-refractivity contribution in [1.29, 1.82) is 0 Å². The largest absolute Gasteiger partial charge is 0.338 e. The molecule has 0 fully saturated rings. The Labute approximate surface area is 103 Å². The van der Waals surface area contributed by atoms with E-state index in [0.29, 0.717) is 0 Å². The molecular weight excluding hydrogens is 208 g/mol.